The SMILES string of the molecule is CC(C#N)c1cc2ccccc2[nH]1. The van der Waals surface area contributed by atoms with Gasteiger partial charge in [0, 0.05) is 11.2 Å². The summed E-state index contributed by atoms with van der Waals surface area (Å²) >= 11 is 0. The number of nitriles is 1. The molecule has 0 saturated heterocycles. The van der Waals surface area contributed by atoms with E-state index in [0.29, 0.717) is 0 Å². The van der Waals surface area contributed by atoms with Gasteiger partial charge in [-0.3, -0.25) is 0 Å². The van der Waals surface area contributed by atoms with Gasteiger partial charge in [-0.05, 0) is 24.4 Å². The van der Waals surface area contributed by atoms with E-state index in [9.17, 15) is 0 Å². The van der Waals surface area contributed by atoms with Gasteiger partial charge in [-0.25, -0.2) is 0 Å². The molecule has 0 aliphatic heterocycles. The lowest BCUT2D eigenvalue weighted by Gasteiger charge is -1.94. The van der Waals surface area contributed by atoms with E-state index in [1.165, 1.54) is 5.39 Å². The summed E-state index contributed by atoms with van der Waals surface area (Å²) in [5.74, 6) is -0.0626. The fourth-order valence-electron chi connectivity index (χ4n) is 1.40. The first-order chi connectivity index (χ1) is 6.31. The Morgan fingerprint density at radius 1 is 1.38 bits per heavy atom. The summed E-state index contributed by atoms with van der Waals surface area (Å²) in [6.45, 7) is 1.89. The normalized spacial score (nSPS) is 12.6. The van der Waals surface area contributed by atoms with Crippen LogP contribution in [0.2, 0.25) is 0 Å². The van der Waals surface area contributed by atoms with Gasteiger partial charge in [0.2, 0.25) is 0 Å². The van der Waals surface area contributed by atoms with Crippen LogP contribution in [0.1, 0.15) is 18.5 Å². The predicted molar refractivity (Wildman–Crippen MR) is 52.3 cm³/mol. The maximum Gasteiger partial charge on any atom is 0.0834 e. The molecule has 2 aromatic rings. The number of H-pyrrole nitrogens is 1. The third-order valence-electron chi connectivity index (χ3n) is 2.21. The number of nitrogens with one attached hydrogen (secondary N) is 1. The Labute approximate surface area is 76.8 Å². The molecule has 64 valence electrons. The van der Waals surface area contributed by atoms with Crippen LogP contribution in [0.4, 0.5) is 0 Å². The molecular weight excluding hydrogens is 160 g/mol. The molecule has 1 unspecified atom stereocenters. The molecule has 0 bridgehead atoms. The van der Waals surface area contributed by atoms with Crippen molar-refractivity contribution in [2.24, 2.45) is 0 Å². The lowest BCUT2D eigenvalue weighted by atomic mass is 10.1. The van der Waals surface area contributed by atoms with E-state index in [-0.39, 0.29) is 5.92 Å². The van der Waals surface area contributed by atoms with Crippen LogP contribution >= 0.6 is 0 Å². The van der Waals surface area contributed by atoms with Crippen LogP contribution in [0.25, 0.3) is 10.9 Å². The van der Waals surface area contributed by atoms with Crippen LogP contribution in [-0.2, 0) is 0 Å². The van der Waals surface area contributed by atoms with Crippen molar-refractivity contribution in [2.75, 3.05) is 0 Å². The van der Waals surface area contributed by atoms with Crippen molar-refractivity contribution < 1.29 is 0 Å². The van der Waals surface area contributed by atoms with Gasteiger partial charge >= 0.3 is 0 Å². The number of hydrogen-bond donors (Lipinski definition) is 1. The van der Waals surface area contributed by atoms with Gasteiger partial charge in [0.25, 0.3) is 0 Å². The van der Waals surface area contributed by atoms with Crippen molar-refractivity contribution in [3.05, 3.63) is 36.0 Å². The van der Waals surface area contributed by atoms with E-state index >= 15 is 0 Å². The second-order valence-corrected chi connectivity index (χ2v) is 3.16. The highest BCUT2D eigenvalue weighted by Gasteiger charge is 2.06. The van der Waals surface area contributed by atoms with Crippen LogP contribution in [0.3, 0.4) is 0 Å². The summed E-state index contributed by atoms with van der Waals surface area (Å²) < 4.78 is 0. The maximum absolute atomic E-state index is 8.74. The quantitative estimate of drug-likeness (QED) is 0.702. The number of aromatic amines is 1. The van der Waals surface area contributed by atoms with E-state index in [2.05, 4.69) is 11.1 Å². The Balaban J connectivity index is 2.57. The molecule has 1 atom stereocenters. The van der Waals surface area contributed by atoms with Crippen LogP contribution in [0.15, 0.2) is 30.3 Å². The highest BCUT2D eigenvalue weighted by atomic mass is 14.7. The van der Waals surface area contributed by atoms with E-state index in [0.717, 1.165) is 11.2 Å². The number of benzene rings is 1. The van der Waals surface area contributed by atoms with Gasteiger partial charge in [-0.15, -0.1) is 0 Å². The van der Waals surface area contributed by atoms with Gasteiger partial charge in [-0.2, -0.15) is 5.26 Å². The second-order valence-electron chi connectivity index (χ2n) is 3.16. The first kappa shape index (κ1) is 7.88. The van der Waals surface area contributed by atoms with Crippen LogP contribution in [-0.4, -0.2) is 4.98 Å². The molecule has 0 aliphatic rings. The highest BCUT2D eigenvalue weighted by molar-refractivity contribution is 5.80. The molecular formula is C11H10N2. The minimum Gasteiger partial charge on any atom is -0.357 e. The molecule has 2 rings (SSSR count). The van der Waals surface area contributed by atoms with Crippen molar-refractivity contribution in [3.63, 3.8) is 0 Å². The van der Waals surface area contributed by atoms with E-state index in [1.54, 1.807) is 0 Å². The molecule has 2 nitrogen and oxygen atoms in total. The Bertz CT molecular complexity index is 429. The molecule has 1 heterocycles. The topological polar surface area (TPSA) is 39.6 Å². The Morgan fingerprint density at radius 3 is 2.85 bits per heavy atom. The standard InChI is InChI=1S/C11H10N2/c1-8(7-12)11-6-9-4-2-3-5-10(9)13-11/h2-6,8,13H,1H3. The molecule has 2 heteroatoms. The predicted octanol–water partition coefficient (Wildman–Crippen LogP) is 2.79. The van der Waals surface area contributed by atoms with Crippen molar-refractivity contribution >= 4 is 10.9 Å². The number of fused-ring (bicyclic) bond motifs is 1. The summed E-state index contributed by atoms with van der Waals surface area (Å²) in [6, 6.07) is 12.3. The Kier molecular flexibility index (Phi) is 1.79. The summed E-state index contributed by atoms with van der Waals surface area (Å²) in [7, 11) is 0. The number of nitrogens with zero attached hydrogens (tertiary/aromatic N) is 1. The smallest absolute Gasteiger partial charge is 0.0834 e. The fourth-order valence-corrected chi connectivity index (χ4v) is 1.40. The largest absolute Gasteiger partial charge is 0.357 e. The molecule has 1 aromatic heterocycles. The molecule has 1 aromatic carbocycles. The van der Waals surface area contributed by atoms with Crippen molar-refractivity contribution in [1.82, 2.24) is 4.98 Å². The number of hydrogen-bond acceptors (Lipinski definition) is 1. The highest BCUT2D eigenvalue weighted by Crippen LogP contribution is 2.20. The number of aromatic nitrogens is 1. The van der Waals surface area contributed by atoms with Crippen molar-refractivity contribution in [3.8, 4) is 6.07 Å². The molecule has 0 fully saturated rings. The fraction of sp³-hybridized carbons (Fsp3) is 0.182. The minimum atomic E-state index is -0.0626. The second kappa shape index (κ2) is 2.95. The first-order valence-corrected chi connectivity index (χ1v) is 4.28. The van der Waals surface area contributed by atoms with Gasteiger partial charge in [0.1, 0.15) is 0 Å². The minimum absolute atomic E-state index is 0.0626. The van der Waals surface area contributed by atoms with Gasteiger partial charge < -0.3 is 4.98 Å². The Hall–Kier alpha value is -1.75. The molecule has 1 N–H and O–H groups in total. The van der Waals surface area contributed by atoms with Crippen molar-refractivity contribution in [1.29, 1.82) is 5.26 Å². The zero-order valence-corrected chi connectivity index (χ0v) is 7.41. The zero-order chi connectivity index (χ0) is 9.26. The molecule has 0 spiro atoms. The monoisotopic (exact) mass is 170 g/mol. The third kappa shape index (κ3) is 1.29. The van der Waals surface area contributed by atoms with Crippen molar-refractivity contribution in [2.45, 2.75) is 12.8 Å². The zero-order valence-electron chi connectivity index (χ0n) is 7.41. The van der Waals surface area contributed by atoms with Crippen LogP contribution < -0.4 is 0 Å². The molecule has 0 aliphatic carbocycles. The average Bonchev–Trinajstić information content (AvgIpc) is 2.59. The molecule has 13 heavy (non-hydrogen) atoms. The van der Waals surface area contributed by atoms with E-state index in [1.807, 2.05) is 37.3 Å². The number of rotatable bonds is 1. The summed E-state index contributed by atoms with van der Waals surface area (Å²) in [5, 5.41) is 9.91. The van der Waals surface area contributed by atoms with Gasteiger partial charge in [0.15, 0.2) is 0 Å². The summed E-state index contributed by atoms with van der Waals surface area (Å²) in [6.07, 6.45) is 0. The molecule has 0 amide bonds. The third-order valence-corrected chi connectivity index (χ3v) is 2.21. The molecule has 0 radical (unpaired) electrons. The summed E-state index contributed by atoms with van der Waals surface area (Å²) in [5.41, 5.74) is 2.09. The van der Waals surface area contributed by atoms with E-state index < -0.39 is 0 Å². The summed E-state index contributed by atoms with van der Waals surface area (Å²) in [4.78, 5) is 3.22. The van der Waals surface area contributed by atoms with Crippen LogP contribution in [0.5, 0.6) is 0 Å². The van der Waals surface area contributed by atoms with Gasteiger partial charge in [-0.1, -0.05) is 18.2 Å². The molecule has 0 saturated carbocycles. The first-order valence-electron chi connectivity index (χ1n) is 4.28. The lowest BCUT2D eigenvalue weighted by Crippen LogP contribution is -1.87. The lowest BCUT2D eigenvalue weighted by molar-refractivity contribution is 0.941. The number of para-hydroxylation sites is 1. The van der Waals surface area contributed by atoms with Gasteiger partial charge in [0.05, 0.1) is 12.0 Å². The van der Waals surface area contributed by atoms with Crippen LogP contribution in [0, 0.1) is 11.3 Å². The van der Waals surface area contributed by atoms with E-state index in [4.69, 9.17) is 5.26 Å². The maximum atomic E-state index is 8.74. The average molecular weight is 170 g/mol. The Morgan fingerprint density at radius 2 is 2.15 bits per heavy atom.